The van der Waals surface area contributed by atoms with Crippen molar-refractivity contribution in [3.63, 3.8) is 0 Å². The van der Waals surface area contributed by atoms with Crippen molar-refractivity contribution in [2.75, 3.05) is 30.1 Å². The second-order valence-electron chi connectivity index (χ2n) is 12.5. The summed E-state index contributed by atoms with van der Waals surface area (Å²) in [6.07, 6.45) is -2.49. The Morgan fingerprint density at radius 2 is 1.69 bits per heavy atom. The fourth-order valence-corrected chi connectivity index (χ4v) is 6.18. The van der Waals surface area contributed by atoms with Gasteiger partial charge in [0.2, 0.25) is 15.6 Å². The van der Waals surface area contributed by atoms with Gasteiger partial charge in [0.05, 0.1) is 24.8 Å². The lowest BCUT2D eigenvalue weighted by Crippen LogP contribution is -2.45. The maximum absolute atomic E-state index is 14.5. The number of anilines is 2. The van der Waals surface area contributed by atoms with E-state index in [1.165, 1.54) is 38.0 Å². The van der Waals surface area contributed by atoms with E-state index < -0.39 is 45.6 Å². The Balaban J connectivity index is 1.48. The molecule has 2 amide bonds. The number of amides is 2. The highest BCUT2D eigenvalue weighted by molar-refractivity contribution is 7.89. The normalized spacial score (nSPS) is 16.1. The number of sulfonamides is 1. The number of alkyl halides is 3. The van der Waals surface area contributed by atoms with Crippen molar-refractivity contribution in [2.45, 2.75) is 57.0 Å². The second-order valence-corrected chi connectivity index (χ2v) is 14.7. The number of nitrogens with zero attached hydrogens (tertiary/aromatic N) is 2. The van der Waals surface area contributed by atoms with Crippen LogP contribution in [0, 0.1) is 0 Å². The predicted molar refractivity (Wildman–Crippen MR) is 178 cm³/mol. The standard InChI is InChI=1S/C33H34ClF3N4O7S/c1-19(39-48-31(2,3)30(43)40-49(5,44)45)21-14-23(16-25(15-21)46-4)38-28(20-6-8-22(34)9-7-20)29(42)41-18-32(12-13-32)26-11-10-24(17-27(26)41)47-33(35,36)37/h6-11,14-17,28,38H,12-13,18H2,1-5H3,(H,40,43)/b39-19+. The maximum Gasteiger partial charge on any atom is 0.573 e. The number of oxime groups is 1. The number of carbonyl (C=O) groups excluding carboxylic acids is 2. The molecule has 0 saturated heterocycles. The van der Waals surface area contributed by atoms with Crippen LogP contribution >= 0.6 is 11.6 Å². The molecule has 0 radical (unpaired) electrons. The van der Waals surface area contributed by atoms with Crippen LogP contribution in [0.3, 0.4) is 0 Å². The number of hydrogen-bond acceptors (Lipinski definition) is 9. The number of ether oxygens (including phenoxy) is 2. The summed E-state index contributed by atoms with van der Waals surface area (Å²) in [6, 6.07) is 14.6. The van der Waals surface area contributed by atoms with Gasteiger partial charge in [-0.05, 0) is 75.1 Å². The van der Waals surface area contributed by atoms with Gasteiger partial charge in [-0.1, -0.05) is 35.0 Å². The lowest BCUT2D eigenvalue weighted by atomic mass is 9.99. The first kappa shape index (κ1) is 35.8. The summed E-state index contributed by atoms with van der Waals surface area (Å²) in [7, 11) is -2.39. The number of methoxy groups -OCH3 is 1. The molecule has 5 rings (SSSR count). The van der Waals surface area contributed by atoms with Crippen molar-refractivity contribution >= 4 is 50.5 Å². The van der Waals surface area contributed by atoms with Gasteiger partial charge in [-0.15, -0.1) is 13.2 Å². The molecular weight excluding hydrogens is 689 g/mol. The smallest absolute Gasteiger partial charge is 0.497 e. The summed E-state index contributed by atoms with van der Waals surface area (Å²) in [5, 5.41) is 7.75. The zero-order valence-electron chi connectivity index (χ0n) is 27.1. The zero-order valence-corrected chi connectivity index (χ0v) is 28.7. The third-order valence-corrected chi connectivity index (χ3v) is 9.01. The van der Waals surface area contributed by atoms with Crippen LogP contribution in [0.5, 0.6) is 11.5 Å². The molecule has 1 aliphatic carbocycles. The van der Waals surface area contributed by atoms with Crippen LogP contribution < -0.4 is 24.4 Å². The molecule has 3 aromatic carbocycles. The molecule has 49 heavy (non-hydrogen) atoms. The van der Waals surface area contributed by atoms with Crippen molar-refractivity contribution in [3.05, 3.63) is 82.4 Å². The maximum atomic E-state index is 14.5. The van der Waals surface area contributed by atoms with Gasteiger partial charge < -0.3 is 24.5 Å². The van der Waals surface area contributed by atoms with E-state index in [0.29, 0.717) is 33.3 Å². The van der Waals surface area contributed by atoms with Crippen LogP contribution in [-0.2, 0) is 29.9 Å². The Kier molecular flexibility index (Phi) is 9.56. The predicted octanol–water partition coefficient (Wildman–Crippen LogP) is 6.07. The van der Waals surface area contributed by atoms with E-state index in [4.69, 9.17) is 21.2 Å². The first-order valence-corrected chi connectivity index (χ1v) is 17.2. The van der Waals surface area contributed by atoms with Gasteiger partial charge >= 0.3 is 6.36 Å². The highest BCUT2D eigenvalue weighted by Gasteiger charge is 2.54. The Labute approximate surface area is 286 Å². The quantitative estimate of drug-likeness (QED) is 0.180. The minimum absolute atomic E-state index is 0.289. The Bertz CT molecular complexity index is 1910. The van der Waals surface area contributed by atoms with E-state index in [1.807, 2.05) is 4.72 Å². The molecule has 1 unspecified atom stereocenters. The van der Waals surface area contributed by atoms with Crippen molar-refractivity contribution in [3.8, 4) is 11.5 Å². The van der Waals surface area contributed by atoms with E-state index in [2.05, 4.69) is 15.2 Å². The number of rotatable bonds is 11. The summed E-state index contributed by atoms with van der Waals surface area (Å²) in [5.41, 5.74) is 0.862. The van der Waals surface area contributed by atoms with Gasteiger partial charge in [0.1, 0.15) is 17.5 Å². The second kappa shape index (κ2) is 13.1. The lowest BCUT2D eigenvalue weighted by Gasteiger charge is -2.27. The van der Waals surface area contributed by atoms with Crippen LogP contribution in [0.1, 0.15) is 56.3 Å². The molecule has 1 spiro atoms. The SMILES string of the molecule is COc1cc(NC(C(=O)N2CC3(CC3)c3ccc(OC(F)(F)F)cc32)c2ccc(Cl)cc2)cc(/C(C)=N/OC(C)(C)C(=O)NS(C)(=O)=O)c1. The number of hydrogen-bond donors (Lipinski definition) is 2. The molecule has 2 aliphatic rings. The largest absolute Gasteiger partial charge is 0.573 e. The molecule has 0 bridgehead atoms. The van der Waals surface area contributed by atoms with E-state index in [0.717, 1.165) is 24.7 Å². The molecule has 1 fully saturated rings. The summed E-state index contributed by atoms with van der Waals surface area (Å²) >= 11 is 6.16. The lowest BCUT2D eigenvalue weighted by molar-refractivity contribution is -0.274. The van der Waals surface area contributed by atoms with Gasteiger partial charge in [0.15, 0.2) is 0 Å². The van der Waals surface area contributed by atoms with Gasteiger partial charge in [-0.25, -0.2) is 13.1 Å². The number of benzene rings is 3. The van der Waals surface area contributed by atoms with E-state index in [9.17, 15) is 31.2 Å². The topological polar surface area (TPSA) is 136 Å². The van der Waals surface area contributed by atoms with Crippen molar-refractivity contribution in [1.82, 2.24) is 4.72 Å². The van der Waals surface area contributed by atoms with Crippen molar-refractivity contribution < 1.29 is 45.5 Å². The molecule has 1 heterocycles. The third-order valence-electron chi connectivity index (χ3n) is 8.20. The van der Waals surface area contributed by atoms with Crippen molar-refractivity contribution in [1.29, 1.82) is 0 Å². The van der Waals surface area contributed by atoms with E-state index in [-0.39, 0.29) is 17.7 Å². The van der Waals surface area contributed by atoms with Crippen LogP contribution in [-0.4, -0.2) is 57.8 Å². The minimum Gasteiger partial charge on any atom is -0.497 e. The average molecular weight is 723 g/mol. The molecule has 1 atom stereocenters. The molecule has 2 N–H and O–H groups in total. The monoisotopic (exact) mass is 722 g/mol. The summed E-state index contributed by atoms with van der Waals surface area (Å²) < 4.78 is 73.9. The molecule has 11 nitrogen and oxygen atoms in total. The third kappa shape index (κ3) is 8.39. The molecule has 16 heteroatoms. The summed E-state index contributed by atoms with van der Waals surface area (Å²) in [4.78, 5) is 33.8. The highest BCUT2D eigenvalue weighted by atomic mass is 35.5. The fourth-order valence-electron chi connectivity index (χ4n) is 5.47. The zero-order chi connectivity index (χ0) is 35.9. The molecule has 1 saturated carbocycles. The number of halogens is 4. The first-order valence-electron chi connectivity index (χ1n) is 15.0. The van der Waals surface area contributed by atoms with Gasteiger partial charge in [-0.2, -0.15) is 0 Å². The molecule has 1 aliphatic heterocycles. The van der Waals surface area contributed by atoms with Gasteiger partial charge in [0.25, 0.3) is 11.8 Å². The number of nitrogens with one attached hydrogen (secondary N) is 2. The van der Waals surface area contributed by atoms with E-state index >= 15 is 0 Å². The van der Waals surface area contributed by atoms with E-state index in [1.54, 1.807) is 55.5 Å². The Hall–Kier alpha value is -4.50. The fraction of sp³-hybridized carbons (Fsp3) is 0.364. The summed E-state index contributed by atoms with van der Waals surface area (Å²) in [6.45, 7) is 4.59. The van der Waals surface area contributed by atoms with Gasteiger partial charge in [-0.3, -0.25) is 9.59 Å². The van der Waals surface area contributed by atoms with Crippen LogP contribution in [0.4, 0.5) is 24.5 Å². The van der Waals surface area contributed by atoms with Crippen LogP contribution in [0.25, 0.3) is 0 Å². The Morgan fingerprint density at radius 1 is 1.02 bits per heavy atom. The molecule has 0 aromatic heterocycles. The number of carbonyl (C=O) groups is 2. The average Bonchev–Trinajstić information content (AvgIpc) is 3.72. The van der Waals surface area contributed by atoms with Crippen LogP contribution in [0.2, 0.25) is 5.02 Å². The Morgan fingerprint density at radius 3 is 2.29 bits per heavy atom. The number of fused-ring (bicyclic) bond motifs is 2. The first-order chi connectivity index (χ1) is 22.8. The molecular formula is C33H34ClF3N4O7S. The molecule has 3 aromatic rings. The minimum atomic E-state index is -4.90. The highest BCUT2D eigenvalue weighted by Crippen LogP contribution is 2.57. The van der Waals surface area contributed by atoms with Gasteiger partial charge in [0, 0.05) is 40.4 Å². The summed E-state index contributed by atoms with van der Waals surface area (Å²) in [5.74, 6) is -1.39. The van der Waals surface area contributed by atoms with Crippen LogP contribution in [0.15, 0.2) is 65.8 Å². The molecule has 262 valence electrons. The van der Waals surface area contributed by atoms with Crippen molar-refractivity contribution in [2.24, 2.45) is 5.16 Å².